The van der Waals surface area contributed by atoms with E-state index in [-0.39, 0.29) is 17.8 Å². The molecule has 2 aromatic heterocycles. The van der Waals surface area contributed by atoms with Crippen molar-refractivity contribution in [1.29, 1.82) is 0 Å². The molecule has 9 heteroatoms. The Morgan fingerprint density at radius 3 is 2.46 bits per heavy atom. The molecule has 2 aliphatic carbocycles. The summed E-state index contributed by atoms with van der Waals surface area (Å²) < 4.78 is 38.3. The molecule has 2 aromatic rings. The van der Waals surface area contributed by atoms with Gasteiger partial charge >= 0.3 is 6.18 Å². The van der Waals surface area contributed by atoms with Gasteiger partial charge in [0.2, 0.25) is 0 Å². The molecule has 0 bridgehead atoms. The number of aromatic nitrogens is 3. The maximum Gasteiger partial charge on any atom is 0.418 e. The first-order valence-corrected chi connectivity index (χ1v) is 8.42. The summed E-state index contributed by atoms with van der Waals surface area (Å²) in [7, 11) is 0. The number of pyridine rings is 1. The van der Waals surface area contributed by atoms with Crippen molar-refractivity contribution in [2.45, 2.75) is 50.4 Å². The monoisotopic (exact) mass is 366 g/mol. The standard InChI is InChI=1S/C17H17F3N4O2/c18-17(19,20)8-4-13(26)15(21-7-8)14-11-2-1-3-12(11)16(24-23-14)22-9-5-10(25)6-9/h4,7,9-10,25-26H,1-3,5-6H2,(H,22,24). The van der Waals surface area contributed by atoms with Crippen LogP contribution < -0.4 is 5.32 Å². The van der Waals surface area contributed by atoms with E-state index in [1.807, 2.05) is 0 Å². The Bertz CT molecular complexity index is 851. The van der Waals surface area contributed by atoms with Crippen LogP contribution in [0.4, 0.5) is 19.0 Å². The molecule has 0 atom stereocenters. The van der Waals surface area contributed by atoms with Crippen molar-refractivity contribution in [2.75, 3.05) is 5.32 Å². The molecule has 0 aliphatic heterocycles. The van der Waals surface area contributed by atoms with Gasteiger partial charge in [-0.25, -0.2) is 4.98 Å². The molecule has 4 rings (SSSR count). The van der Waals surface area contributed by atoms with Crippen molar-refractivity contribution in [3.05, 3.63) is 29.0 Å². The molecule has 0 radical (unpaired) electrons. The second kappa shape index (κ2) is 6.08. The molecule has 0 spiro atoms. The molecule has 1 saturated carbocycles. The number of alkyl halides is 3. The molecule has 0 amide bonds. The number of fused-ring (bicyclic) bond motifs is 1. The van der Waals surface area contributed by atoms with Crippen LogP contribution in [-0.2, 0) is 19.0 Å². The molecule has 138 valence electrons. The number of nitrogens with zero attached hydrogens (tertiary/aromatic N) is 3. The minimum Gasteiger partial charge on any atom is -0.506 e. The molecule has 26 heavy (non-hydrogen) atoms. The summed E-state index contributed by atoms with van der Waals surface area (Å²) in [5.74, 6) is 0.0793. The van der Waals surface area contributed by atoms with Gasteiger partial charge in [-0.15, -0.1) is 10.2 Å². The number of nitrogens with one attached hydrogen (secondary N) is 1. The Labute approximate surface area is 147 Å². The predicted octanol–water partition coefficient (Wildman–Crippen LogP) is 2.69. The zero-order chi connectivity index (χ0) is 18.5. The van der Waals surface area contributed by atoms with Gasteiger partial charge in [-0.2, -0.15) is 13.2 Å². The summed E-state index contributed by atoms with van der Waals surface area (Å²) in [5.41, 5.74) is 1.13. The predicted molar refractivity (Wildman–Crippen MR) is 86.6 cm³/mol. The Morgan fingerprint density at radius 1 is 1.08 bits per heavy atom. The van der Waals surface area contributed by atoms with Crippen molar-refractivity contribution in [3.8, 4) is 17.1 Å². The van der Waals surface area contributed by atoms with E-state index in [4.69, 9.17) is 0 Å². The zero-order valence-electron chi connectivity index (χ0n) is 13.7. The van der Waals surface area contributed by atoms with E-state index in [2.05, 4.69) is 20.5 Å². The lowest BCUT2D eigenvalue weighted by atomic mass is 9.89. The molecule has 2 heterocycles. The fraction of sp³-hybridized carbons (Fsp3) is 0.471. The van der Waals surface area contributed by atoms with Gasteiger partial charge in [-0.1, -0.05) is 0 Å². The Morgan fingerprint density at radius 2 is 1.81 bits per heavy atom. The lowest BCUT2D eigenvalue weighted by molar-refractivity contribution is -0.137. The SMILES string of the molecule is Oc1cc(C(F)(F)F)cnc1-c1nnc(NC2CC(O)C2)c2c1CCC2. The molecule has 1 fully saturated rings. The zero-order valence-corrected chi connectivity index (χ0v) is 13.7. The first-order chi connectivity index (χ1) is 12.3. The molecular formula is C17H17F3N4O2. The highest BCUT2D eigenvalue weighted by Gasteiger charge is 2.33. The Hall–Kier alpha value is -2.42. The minimum absolute atomic E-state index is 0.00858. The summed E-state index contributed by atoms with van der Waals surface area (Å²) in [4.78, 5) is 3.79. The van der Waals surface area contributed by atoms with Crippen LogP contribution in [0.3, 0.4) is 0 Å². The topological polar surface area (TPSA) is 91.2 Å². The summed E-state index contributed by atoms with van der Waals surface area (Å²) >= 11 is 0. The van der Waals surface area contributed by atoms with Gasteiger partial charge in [0.05, 0.1) is 11.7 Å². The number of hydrogen-bond donors (Lipinski definition) is 3. The quantitative estimate of drug-likeness (QED) is 0.774. The summed E-state index contributed by atoms with van der Waals surface area (Å²) in [6.45, 7) is 0. The molecule has 2 aliphatic rings. The van der Waals surface area contributed by atoms with Gasteiger partial charge in [-0.3, -0.25) is 0 Å². The maximum atomic E-state index is 12.8. The van der Waals surface area contributed by atoms with E-state index in [0.29, 0.717) is 43.0 Å². The van der Waals surface area contributed by atoms with E-state index in [9.17, 15) is 23.4 Å². The Kier molecular flexibility index (Phi) is 3.98. The number of aliphatic hydroxyl groups excluding tert-OH is 1. The number of anilines is 1. The smallest absolute Gasteiger partial charge is 0.418 e. The normalized spacial score (nSPS) is 22.0. The third kappa shape index (κ3) is 2.96. The average Bonchev–Trinajstić information content (AvgIpc) is 3.03. The van der Waals surface area contributed by atoms with E-state index in [0.717, 1.165) is 24.0 Å². The summed E-state index contributed by atoms with van der Waals surface area (Å²) in [5, 5.41) is 31.0. The van der Waals surface area contributed by atoms with Gasteiger partial charge in [0.25, 0.3) is 0 Å². The number of halogens is 3. The third-order valence-corrected chi connectivity index (χ3v) is 4.91. The molecule has 0 unspecified atom stereocenters. The highest BCUT2D eigenvalue weighted by Crippen LogP contribution is 2.39. The minimum atomic E-state index is -4.57. The molecular weight excluding hydrogens is 349 g/mol. The average molecular weight is 366 g/mol. The number of aromatic hydroxyl groups is 1. The van der Waals surface area contributed by atoms with Crippen LogP contribution in [0.15, 0.2) is 12.3 Å². The van der Waals surface area contributed by atoms with Crippen molar-refractivity contribution in [3.63, 3.8) is 0 Å². The molecule has 0 saturated heterocycles. The van der Waals surface area contributed by atoms with Gasteiger partial charge in [0.1, 0.15) is 17.1 Å². The second-order valence-electron chi connectivity index (χ2n) is 6.76. The first-order valence-electron chi connectivity index (χ1n) is 8.42. The van der Waals surface area contributed by atoms with E-state index in [1.54, 1.807) is 0 Å². The van der Waals surface area contributed by atoms with Crippen molar-refractivity contribution in [2.24, 2.45) is 0 Å². The third-order valence-electron chi connectivity index (χ3n) is 4.91. The summed E-state index contributed by atoms with van der Waals surface area (Å²) in [6.07, 6.45) is -0.516. The van der Waals surface area contributed by atoms with Gasteiger partial charge < -0.3 is 15.5 Å². The van der Waals surface area contributed by atoms with E-state index < -0.39 is 17.5 Å². The first kappa shape index (κ1) is 17.0. The van der Waals surface area contributed by atoms with Crippen LogP contribution in [0.25, 0.3) is 11.4 Å². The van der Waals surface area contributed by atoms with Gasteiger partial charge in [0.15, 0.2) is 5.82 Å². The fourth-order valence-corrected chi connectivity index (χ4v) is 3.48. The van der Waals surface area contributed by atoms with E-state index in [1.165, 1.54) is 0 Å². The van der Waals surface area contributed by atoms with Crippen LogP contribution in [0, 0.1) is 0 Å². The van der Waals surface area contributed by atoms with Crippen LogP contribution in [0.1, 0.15) is 36.0 Å². The molecule has 6 nitrogen and oxygen atoms in total. The maximum absolute atomic E-state index is 12.8. The summed E-state index contributed by atoms with van der Waals surface area (Å²) in [6, 6.07) is 0.806. The van der Waals surface area contributed by atoms with Crippen LogP contribution in [0.5, 0.6) is 5.75 Å². The Balaban J connectivity index is 1.69. The number of hydrogen-bond acceptors (Lipinski definition) is 6. The second-order valence-corrected chi connectivity index (χ2v) is 6.76. The molecule has 0 aromatic carbocycles. The van der Waals surface area contributed by atoms with Gasteiger partial charge in [-0.05, 0) is 43.7 Å². The highest BCUT2D eigenvalue weighted by atomic mass is 19.4. The lowest BCUT2D eigenvalue weighted by Crippen LogP contribution is -2.39. The van der Waals surface area contributed by atoms with Crippen molar-refractivity contribution in [1.82, 2.24) is 15.2 Å². The lowest BCUT2D eigenvalue weighted by Gasteiger charge is -2.32. The number of rotatable bonds is 3. The largest absolute Gasteiger partial charge is 0.506 e. The van der Waals surface area contributed by atoms with Crippen molar-refractivity contribution >= 4 is 5.82 Å². The van der Waals surface area contributed by atoms with Crippen LogP contribution in [0.2, 0.25) is 0 Å². The number of aliphatic hydroxyl groups is 1. The van der Waals surface area contributed by atoms with Crippen LogP contribution >= 0.6 is 0 Å². The van der Waals surface area contributed by atoms with Crippen molar-refractivity contribution < 1.29 is 23.4 Å². The molecule has 3 N–H and O–H groups in total. The van der Waals surface area contributed by atoms with Crippen LogP contribution in [-0.4, -0.2) is 37.5 Å². The van der Waals surface area contributed by atoms with E-state index >= 15 is 0 Å². The highest BCUT2D eigenvalue weighted by molar-refractivity contribution is 5.70. The van der Waals surface area contributed by atoms with Gasteiger partial charge in [0, 0.05) is 17.8 Å². The fourth-order valence-electron chi connectivity index (χ4n) is 3.48.